The van der Waals surface area contributed by atoms with Crippen LogP contribution in [0.2, 0.25) is 0 Å². The second kappa shape index (κ2) is 4.97. The fourth-order valence-corrected chi connectivity index (χ4v) is 2.67. The summed E-state index contributed by atoms with van der Waals surface area (Å²) in [5, 5.41) is 12.3. The van der Waals surface area contributed by atoms with Gasteiger partial charge >= 0.3 is 0 Å². The van der Waals surface area contributed by atoms with E-state index in [4.69, 9.17) is 0 Å². The van der Waals surface area contributed by atoms with Gasteiger partial charge in [-0.05, 0) is 28.8 Å². The van der Waals surface area contributed by atoms with Gasteiger partial charge in [-0.25, -0.2) is 9.97 Å². The van der Waals surface area contributed by atoms with Gasteiger partial charge in [0.2, 0.25) is 0 Å². The van der Waals surface area contributed by atoms with E-state index < -0.39 is 0 Å². The zero-order chi connectivity index (χ0) is 11.5. The highest BCUT2D eigenvalue weighted by atomic mass is 79.9. The Morgan fingerprint density at radius 2 is 2.44 bits per heavy atom. The van der Waals surface area contributed by atoms with Crippen LogP contribution in [0, 0.1) is 0 Å². The van der Waals surface area contributed by atoms with Crippen molar-refractivity contribution in [3.8, 4) is 0 Å². The third-order valence-electron chi connectivity index (χ3n) is 2.87. The van der Waals surface area contributed by atoms with Crippen LogP contribution in [0.1, 0.15) is 12.8 Å². The maximum Gasteiger partial charge on any atom is 0.148 e. The predicted octanol–water partition coefficient (Wildman–Crippen LogP) is 1.24. The van der Waals surface area contributed by atoms with Gasteiger partial charge in [-0.1, -0.05) is 0 Å². The summed E-state index contributed by atoms with van der Waals surface area (Å²) >= 11 is 3.50. The lowest BCUT2D eigenvalue weighted by molar-refractivity contribution is 0.266. The van der Waals surface area contributed by atoms with Gasteiger partial charge < -0.3 is 15.3 Å². The molecule has 88 valence electrons. The average molecular weight is 287 g/mol. The van der Waals surface area contributed by atoms with E-state index in [0.717, 1.165) is 35.5 Å². The molecule has 2 rings (SSSR count). The fourth-order valence-electron chi connectivity index (χ4n) is 2.04. The second-order valence-corrected chi connectivity index (χ2v) is 4.57. The van der Waals surface area contributed by atoms with Crippen molar-refractivity contribution in [3.63, 3.8) is 0 Å². The molecule has 16 heavy (non-hydrogen) atoms. The smallest absolute Gasteiger partial charge is 0.148 e. The monoisotopic (exact) mass is 286 g/mol. The Morgan fingerprint density at radius 1 is 1.62 bits per heavy atom. The molecule has 2 heterocycles. The Kier molecular flexibility index (Phi) is 3.60. The van der Waals surface area contributed by atoms with Crippen molar-refractivity contribution in [2.75, 3.05) is 30.4 Å². The quantitative estimate of drug-likeness (QED) is 0.876. The van der Waals surface area contributed by atoms with Crippen LogP contribution in [0.3, 0.4) is 0 Å². The van der Waals surface area contributed by atoms with E-state index in [9.17, 15) is 5.11 Å². The summed E-state index contributed by atoms with van der Waals surface area (Å²) in [6, 6.07) is 0.177. The van der Waals surface area contributed by atoms with E-state index in [0.29, 0.717) is 0 Å². The SMILES string of the molecule is CNc1ncnc(N2CCCC2CO)c1Br. The van der Waals surface area contributed by atoms with Crippen LogP contribution >= 0.6 is 15.9 Å². The lowest BCUT2D eigenvalue weighted by atomic mass is 10.2. The molecule has 5 nitrogen and oxygen atoms in total. The van der Waals surface area contributed by atoms with Crippen molar-refractivity contribution in [1.29, 1.82) is 0 Å². The molecule has 0 aromatic carbocycles. The first-order valence-electron chi connectivity index (χ1n) is 5.33. The highest BCUT2D eigenvalue weighted by molar-refractivity contribution is 9.10. The highest BCUT2D eigenvalue weighted by Crippen LogP contribution is 2.33. The average Bonchev–Trinajstić information content (AvgIpc) is 2.77. The normalized spacial score (nSPS) is 20.2. The summed E-state index contributed by atoms with van der Waals surface area (Å²) in [5.74, 6) is 1.63. The number of anilines is 2. The third kappa shape index (κ3) is 1.99. The van der Waals surface area contributed by atoms with Crippen molar-refractivity contribution in [2.45, 2.75) is 18.9 Å². The molecule has 1 aliphatic rings. The Balaban J connectivity index is 2.32. The number of nitrogens with one attached hydrogen (secondary N) is 1. The summed E-state index contributed by atoms with van der Waals surface area (Å²) in [5.41, 5.74) is 0. The molecule has 0 bridgehead atoms. The summed E-state index contributed by atoms with van der Waals surface area (Å²) in [6.45, 7) is 1.11. The lowest BCUT2D eigenvalue weighted by Gasteiger charge is -2.25. The first-order valence-corrected chi connectivity index (χ1v) is 6.13. The van der Waals surface area contributed by atoms with Crippen molar-refractivity contribution < 1.29 is 5.11 Å². The molecule has 1 aliphatic heterocycles. The number of hydrogen-bond acceptors (Lipinski definition) is 5. The van der Waals surface area contributed by atoms with Crippen LogP contribution in [0.15, 0.2) is 10.8 Å². The van der Waals surface area contributed by atoms with Gasteiger partial charge in [0.05, 0.1) is 12.6 Å². The van der Waals surface area contributed by atoms with E-state index in [-0.39, 0.29) is 12.6 Å². The van der Waals surface area contributed by atoms with E-state index in [1.807, 2.05) is 7.05 Å². The molecule has 0 aliphatic carbocycles. The molecule has 0 saturated carbocycles. The molecule has 1 fully saturated rings. The largest absolute Gasteiger partial charge is 0.394 e. The van der Waals surface area contributed by atoms with Gasteiger partial charge in [-0.15, -0.1) is 0 Å². The maximum absolute atomic E-state index is 9.30. The Hall–Kier alpha value is -0.880. The summed E-state index contributed by atoms with van der Waals surface area (Å²) < 4.78 is 0.859. The zero-order valence-electron chi connectivity index (χ0n) is 9.15. The van der Waals surface area contributed by atoms with Crippen molar-refractivity contribution in [1.82, 2.24) is 9.97 Å². The number of rotatable bonds is 3. The van der Waals surface area contributed by atoms with Crippen molar-refractivity contribution in [3.05, 3.63) is 10.8 Å². The van der Waals surface area contributed by atoms with Crippen LogP contribution < -0.4 is 10.2 Å². The molecule has 1 aromatic heterocycles. The summed E-state index contributed by atoms with van der Waals surface area (Å²) in [7, 11) is 1.82. The molecular formula is C10H15BrN4O. The van der Waals surface area contributed by atoms with Gasteiger partial charge in [-0.3, -0.25) is 0 Å². The summed E-state index contributed by atoms with van der Waals surface area (Å²) in [4.78, 5) is 10.5. The van der Waals surface area contributed by atoms with Gasteiger partial charge in [-0.2, -0.15) is 0 Å². The first-order chi connectivity index (χ1) is 7.77. The number of aliphatic hydroxyl groups excluding tert-OH is 1. The van der Waals surface area contributed by atoms with Crippen LogP contribution in [0.4, 0.5) is 11.6 Å². The van der Waals surface area contributed by atoms with E-state index in [2.05, 4.69) is 36.1 Å². The molecular weight excluding hydrogens is 272 g/mol. The minimum Gasteiger partial charge on any atom is -0.394 e. The number of aliphatic hydroxyl groups is 1. The fraction of sp³-hybridized carbons (Fsp3) is 0.600. The lowest BCUT2D eigenvalue weighted by Crippen LogP contribution is -2.33. The van der Waals surface area contributed by atoms with Crippen LogP contribution in [-0.2, 0) is 0 Å². The number of aromatic nitrogens is 2. The van der Waals surface area contributed by atoms with Crippen LogP contribution in [0.5, 0.6) is 0 Å². The van der Waals surface area contributed by atoms with Crippen molar-refractivity contribution in [2.24, 2.45) is 0 Å². The molecule has 6 heteroatoms. The maximum atomic E-state index is 9.30. The molecule has 0 radical (unpaired) electrons. The van der Waals surface area contributed by atoms with Crippen molar-refractivity contribution >= 4 is 27.6 Å². The molecule has 1 atom stereocenters. The minimum absolute atomic E-state index is 0.172. The van der Waals surface area contributed by atoms with Crippen LogP contribution in [-0.4, -0.2) is 41.3 Å². The number of halogens is 1. The van der Waals surface area contributed by atoms with E-state index in [1.165, 1.54) is 0 Å². The zero-order valence-corrected chi connectivity index (χ0v) is 10.7. The Labute approximate surface area is 103 Å². The highest BCUT2D eigenvalue weighted by Gasteiger charge is 2.27. The molecule has 2 N–H and O–H groups in total. The van der Waals surface area contributed by atoms with Gasteiger partial charge in [0.15, 0.2) is 0 Å². The standard InChI is InChI=1S/C10H15BrN4O/c1-12-9-8(11)10(14-6-13-9)15-4-2-3-7(15)5-16/h6-7,16H,2-5H2,1H3,(H,12,13,14). The second-order valence-electron chi connectivity index (χ2n) is 3.78. The van der Waals surface area contributed by atoms with Gasteiger partial charge in [0, 0.05) is 13.6 Å². The summed E-state index contributed by atoms with van der Waals surface area (Å²) in [6.07, 6.45) is 3.65. The predicted molar refractivity (Wildman–Crippen MR) is 66.7 cm³/mol. The van der Waals surface area contributed by atoms with E-state index >= 15 is 0 Å². The molecule has 1 aromatic rings. The van der Waals surface area contributed by atoms with Gasteiger partial charge in [0.25, 0.3) is 0 Å². The number of hydrogen-bond donors (Lipinski definition) is 2. The Bertz CT molecular complexity index is 374. The molecule has 0 amide bonds. The topological polar surface area (TPSA) is 61.3 Å². The molecule has 1 saturated heterocycles. The van der Waals surface area contributed by atoms with E-state index in [1.54, 1.807) is 6.33 Å². The molecule has 0 spiro atoms. The molecule has 1 unspecified atom stereocenters. The first kappa shape index (κ1) is 11.6. The third-order valence-corrected chi connectivity index (χ3v) is 3.60. The van der Waals surface area contributed by atoms with Gasteiger partial charge in [0.1, 0.15) is 22.4 Å². The number of nitrogens with zero attached hydrogens (tertiary/aromatic N) is 3. The minimum atomic E-state index is 0.172. The Morgan fingerprint density at radius 3 is 3.12 bits per heavy atom. The van der Waals surface area contributed by atoms with Crippen LogP contribution in [0.25, 0.3) is 0 Å².